The molecule has 1 aromatic heterocycles. The van der Waals surface area contributed by atoms with E-state index >= 15 is 0 Å². The van der Waals surface area contributed by atoms with Crippen LogP contribution in [0.1, 0.15) is 18.4 Å². The number of aromatic nitrogens is 1. The minimum Gasteiger partial charge on any atom is -0.497 e. The number of methoxy groups -OCH3 is 1. The number of amides is 1. The molecule has 0 radical (unpaired) electrons. The minimum absolute atomic E-state index is 0.0228. The van der Waals surface area contributed by atoms with Crippen molar-refractivity contribution in [3.05, 3.63) is 60.3 Å². The van der Waals surface area contributed by atoms with E-state index in [4.69, 9.17) is 4.74 Å². The Kier molecular flexibility index (Phi) is 7.21. The molecule has 4 rings (SSSR count). The van der Waals surface area contributed by atoms with Gasteiger partial charge in [-0.1, -0.05) is 30.0 Å². The van der Waals surface area contributed by atoms with Crippen molar-refractivity contribution in [3.8, 4) is 5.75 Å². The number of hydrogen-bond acceptors (Lipinski definition) is 6. The van der Waals surface area contributed by atoms with Gasteiger partial charge in [-0.3, -0.25) is 4.79 Å². The number of rotatable bonds is 8. The van der Waals surface area contributed by atoms with E-state index in [9.17, 15) is 13.2 Å². The summed E-state index contributed by atoms with van der Waals surface area (Å²) in [5.41, 5.74) is 1.04. The summed E-state index contributed by atoms with van der Waals surface area (Å²) in [7, 11) is -0.0497. The van der Waals surface area contributed by atoms with Crippen molar-refractivity contribution in [1.29, 1.82) is 0 Å². The highest BCUT2D eigenvalue weighted by atomic mass is 32.2. The number of carbonyl (C=O) groups excluding carboxylic acids is 1. The van der Waals surface area contributed by atoms with Crippen LogP contribution in [0.2, 0.25) is 0 Å². The molecule has 0 bridgehead atoms. The fourth-order valence-corrected chi connectivity index (χ4v) is 6.03. The number of hydrogen-bond donors (Lipinski definition) is 0. The molecule has 33 heavy (non-hydrogen) atoms. The van der Waals surface area contributed by atoms with Crippen molar-refractivity contribution >= 4 is 38.5 Å². The molecular weight excluding hydrogens is 458 g/mol. The lowest BCUT2D eigenvalue weighted by molar-refractivity contribution is -0.127. The Balaban J connectivity index is 1.33. The van der Waals surface area contributed by atoms with E-state index < -0.39 is 10.0 Å². The lowest BCUT2D eigenvalue weighted by Gasteiger charge is -2.18. The number of sulfonamides is 1. The molecule has 1 aliphatic rings. The van der Waals surface area contributed by atoms with Crippen LogP contribution in [0.25, 0.3) is 10.8 Å². The lowest BCUT2D eigenvalue weighted by atomic mass is 10.1. The average molecular weight is 486 g/mol. The number of thioether (sulfide) groups is 1. The van der Waals surface area contributed by atoms with Crippen LogP contribution < -0.4 is 4.74 Å². The predicted molar refractivity (Wildman–Crippen MR) is 130 cm³/mol. The number of ether oxygens (including phenoxy) is 1. The summed E-state index contributed by atoms with van der Waals surface area (Å²) in [5, 5.41) is 2.80. The number of benzene rings is 2. The molecule has 174 valence electrons. The minimum atomic E-state index is -3.48. The lowest BCUT2D eigenvalue weighted by Crippen LogP contribution is -2.28. The van der Waals surface area contributed by atoms with E-state index in [0.29, 0.717) is 24.7 Å². The Hall–Kier alpha value is -2.62. The molecule has 0 aliphatic carbocycles. The highest BCUT2D eigenvalue weighted by Crippen LogP contribution is 2.24. The third kappa shape index (κ3) is 5.48. The van der Waals surface area contributed by atoms with Crippen molar-refractivity contribution in [2.75, 3.05) is 33.0 Å². The maximum absolute atomic E-state index is 12.6. The second kappa shape index (κ2) is 10.1. The molecule has 0 spiro atoms. The van der Waals surface area contributed by atoms with E-state index in [1.54, 1.807) is 31.2 Å². The second-order valence-electron chi connectivity index (χ2n) is 8.03. The van der Waals surface area contributed by atoms with Gasteiger partial charge < -0.3 is 9.64 Å². The van der Waals surface area contributed by atoms with E-state index in [1.165, 1.54) is 22.3 Å². The number of nitrogens with zero attached hydrogens (tertiary/aromatic N) is 3. The zero-order valence-corrected chi connectivity index (χ0v) is 20.4. The van der Waals surface area contributed by atoms with Crippen molar-refractivity contribution in [2.45, 2.75) is 29.3 Å². The second-order valence-corrected chi connectivity index (χ2v) is 11.0. The van der Waals surface area contributed by atoms with Crippen LogP contribution in [0.4, 0.5) is 0 Å². The third-order valence-corrected chi connectivity index (χ3v) is 8.52. The maximum Gasteiger partial charge on any atom is 0.244 e. The Bertz CT molecular complexity index is 1240. The van der Waals surface area contributed by atoms with Gasteiger partial charge >= 0.3 is 0 Å². The molecule has 0 saturated carbocycles. The Morgan fingerprint density at radius 2 is 1.82 bits per heavy atom. The quantitative estimate of drug-likeness (QED) is 0.452. The summed E-state index contributed by atoms with van der Waals surface area (Å²) in [4.78, 5) is 18.8. The Labute approximate surface area is 198 Å². The molecule has 0 unspecified atom stereocenters. The topological polar surface area (TPSA) is 79.8 Å². The summed E-state index contributed by atoms with van der Waals surface area (Å²) in [6.07, 6.45) is 3.17. The number of pyridine rings is 1. The molecule has 1 amide bonds. The van der Waals surface area contributed by atoms with Crippen LogP contribution in [-0.4, -0.2) is 61.5 Å². The van der Waals surface area contributed by atoms with Gasteiger partial charge in [-0.25, -0.2) is 13.4 Å². The molecule has 0 N–H and O–H groups in total. The molecule has 1 fully saturated rings. The summed E-state index contributed by atoms with van der Waals surface area (Å²) in [5.74, 6) is 1.02. The van der Waals surface area contributed by atoms with E-state index in [0.717, 1.165) is 34.9 Å². The summed E-state index contributed by atoms with van der Waals surface area (Å²) < 4.78 is 32.0. The first-order valence-corrected chi connectivity index (χ1v) is 13.2. The molecule has 2 heterocycles. The molecule has 2 aromatic carbocycles. The largest absolute Gasteiger partial charge is 0.497 e. The fraction of sp³-hybridized carbons (Fsp3) is 0.333. The van der Waals surface area contributed by atoms with Gasteiger partial charge in [0.05, 0.1) is 17.9 Å². The van der Waals surface area contributed by atoms with Crippen LogP contribution in [0, 0.1) is 0 Å². The Morgan fingerprint density at radius 3 is 2.52 bits per heavy atom. The first kappa shape index (κ1) is 23.5. The van der Waals surface area contributed by atoms with Crippen LogP contribution in [0.15, 0.2) is 64.6 Å². The van der Waals surface area contributed by atoms with Gasteiger partial charge in [0.15, 0.2) is 0 Å². The maximum atomic E-state index is 12.6. The highest BCUT2D eigenvalue weighted by molar-refractivity contribution is 7.99. The smallest absolute Gasteiger partial charge is 0.244 e. The van der Waals surface area contributed by atoms with Crippen molar-refractivity contribution < 1.29 is 17.9 Å². The van der Waals surface area contributed by atoms with Crippen molar-refractivity contribution in [3.63, 3.8) is 0 Å². The summed E-state index contributed by atoms with van der Waals surface area (Å²) >= 11 is 1.30. The fourth-order valence-electron chi connectivity index (χ4n) is 3.79. The average Bonchev–Trinajstić information content (AvgIpc) is 3.38. The van der Waals surface area contributed by atoms with E-state index in [-0.39, 0.29) is 16.6 Å². The van der Waals surface area contributed by atoms with Crippen LogP contribution >= 0.6 is 11.8 Å². The van der Waals surface area contributed by atoms with Gasteiger partial charge in [0.2, 0.25) is 15.9 Å². The first-order chi connectivity index (χ1) is 15.9. The van der Waals surface area contributed by atoms with Gasteiger partial charge in [-0.05, 0) is 59.5 Å². The number of fused-ring (bicyclic) bond motifs is 1. The predicted octanol–water partition coefficient (Wildman–Crippen LogP) is 3.78. The molecular formula is C24H27N3O4S2. The van der Waals surface area contributed by atoms with Gasteiger partial charge in [0, 0.05) is 32.9 Å². The van der Waals surface area contributed by atoms with Crippen LogP contribution in [-0.2, 0) is 21.4 Å². The third-order valence-electron chi connectivity index (χ3n) is 5.71. The molecule has 1 aliphatic heterocycles. The van der Waals surface area contributed by atoms with Gasteiger partial charge in [0.1, 0.15) is 10.6 Å². The van der Waals surface area contributed by atoms with Crippen LogP contribution in [0.5, 0.6) is 5.75 Å². The molecule has 7 nitrogen and oxygen atoms in total. The van der Waals surface area contributed by atoms with E-state index in [2.05, 4.69) is 11.1 Å². The normalized spacial score (nSPS) is 14.5. The molecule has 3 aromatic rings. The summed E-state index contributed by atoms with van der Waals surface area (Å²) in [6.45, 7) is 1.62. The highest BCUT2D eigenvalue weighted by Gasteiger charge is 2.27. The van der Waals surface area contributed by atoms with Gasteiger partial charge in [-0.15, -0.1) is 0 Å². The monoisotopic (exact) mass is 485 g/mol. The van der Waals surface area contributed by atoms with Gasteiger partial charge in [0.25, 0.3) is 0 Å². The first-order valence-electron chi connectivity index (χ1n) is 10.8. The summed E-state index contributed by atoms with van der Waals surface area (Å²) in [6, 6.07) is 15.3. The zero-order valence-electron chi connectivity index (χ0n) is 18.7. The van der Waals surface area contributed by atoms with Gasteiger partial charge in [-0.2, -0.15) is 4.31 Å². The molecule has 9 heteroatoms. The molecule has 1 saturated heterocycles. The van der Waals surface area contributed by atoms with Crippen molar-refractivity contribution in [2.24, 2.45) is 0 Å². The van der Waals surface area contributed by atoms with Crippen molar-refractivity contribution in [1.82, 2.24) is 14.2 Å². The Morgan fingerprint density at radius 1 is 1.09 bits per heavy atom. The number of carbonyl (C=O) groups is 1. The molecule has 0 atom stereocenters. The van der Waals surface area contributed by atoms with Crippen LogP contribution in [0.3, 0.4) is 0 Å². The zero-order chi connectivity index (χ0) is 23.4. The SMILES string of the molecule is COc1ccc2cc(CN(C)C(=O)CSc3ccc(S(=O)(=O)N4CCCC4)cn3)ccc2c1. The standard InChI is InChI=1S/C24H27N3O4S2/c1-26(16-18-5-6-20-14-21(31-2)8-7-19(20)13-18)24(28)17-32-23-10-9-22(15-25-23)33(29,30)27-11-3-4-12-27/h5-10,13-15H,3-4,11-12,16-17H2,1-2H3. The van der Waals surface area contributed by atoms with E-state index in [1.807, 2.05) is 30.3 Å².